The van der Waals surface area contributed by atoms with Gasteiger partial charge in [0.1, 0.15) is 11.5 Å². The van der Waals surface area contributed by atoms with Crippen LogP contribution in [0.2, 0.25) is 0 Å². The van der Waals surface area contributed by atoms with Gasteiger partial charge in [0.05, 0.1) is 24.0 Å². The van der Waals surface area contributed by atoms with E-state index in [1.54, 1.807) is 25.1 Å². The van der Waals surface area contributed by atoms with Crippen molar-refractivity contribution < 1.29 is 19.0 Å². The molecule has 3 atom stereocenters. The van der Waals surface area contributed by atoms with Gasteiger partial charge in [0.2, 0.25) is 12.3 Å². The number of hydrogen-bond donors (Lipinski definition) is 3. The number of carbonyl (C=O) groups excluding carboxylic acids is 1. The maximum Gasteiger partial charge on any atom is 0.251 e. The van der Waals surface area contributed by atoms with E-state index in [0.29, 0.717) is 17.1 Å². The number of nitrogens with two attached hydrogens (primary N) is 1. The summed E-state index contributed by atoms with van der Waals surface area (Å²) < 4.78 is 20.2. The second kappa shape index (κ2) is 7.31. The van der Waals surface area contributed by atoms with E-state index >= 15 is 0 Å². The molecule has 4 N–H and O–H groups in total. The molecule has 5 rings (SSSR count). The first-order chi connectivity index (χ1) is 14.8. The van der Waals surface area contributed by atoms with Crippen LogP contribution >= 0.6 is 0 Å². The van der Waals surface area contributed by atoms with Crippen molar-refractivity contribution in [2.45, 2.75) is 57.2 Å². The van der Waals surface area contributed by atoms with E-state index in [1.807, 2.05) is 4.90 Å². The topological polar surface area (TPSA) is 117 Å². The Kier molecular flexibility index (Phi) is 4.71. The lowest BCUT2D eigenvalue weighted by molar-refractivity contribution is -0.00962. The number of benzene rings is 1. The number of aryl methyl sites for hydroxylation is 1. The van der Waals surface area contributed by atoms with E-state index in [-0.39, 0.29) is 29.8 Å². The smallest absolute Gasteiger partial charge is 0.251 e. The standard InChI is InChI=1S/C21H25FN6O3/c1-10-5-14(18(23)29)15(22)8-16(10)25-20-24-9-17-19(26-20)28(21(30)27(17)2)11-6-12-3-4-13(7-11)31-12/h5,8-9,11-13,21,30H,3-4,6-7H2,1-2H3,(H2,23,29)(H,24,25,26). The lowest BCUT2D eigenvalue weighted by Crippen LogP contribution is -2.50. The van der Waals surface area contributed by atoms with E-state index < -0.39 is 18.1 Å². The molecular weight excluding hydrogens is 403 g/mol. The zero-order valence-corrected chi connectivity index (χ0v) is 17.4. The van der Waals surface area contributed by atoms with Gasteiger partial charge in [-0.15, -0.1) is 0 Å². The number of carbonyl (C=O) groups is 1. The molecule has 2 aromatic rings. The van der Waals surface area contributed by atoms with Gasteiger partial charge >= 0.3 is 0 Å². The molecule has 1 aromatic heterocycles. The third kappa shape index (κ3) is 3.35. The van der Waals surface area contributed by atoms with Crippen molar-refractivity contribution in [1.82, 2.24) is 9.97 Å². The van der Waals surface area contributed by atoms with Crippen molar-refractivity contribution >= 4 is 29.0 Å². The Labute approximate surface area is 179 Å². The monoisotopic (exact) mass is 428 g/mol. The van der Waals surface area contributed by atoms with Gasteiger partial charge in [0.25, 0.3) is 5.91 Å². The van der Waals surface area contributed by atoms with Crippen LogP contribution in [-0.2, 0) is 4.74 Å². The second-order valence-corrected chi connectivity index (χ2v) is 8.49. The normalized spacial score (nSPS) is 26.8. The van der Waals surface area contributed by atoms with Crippen LogP contribution in [0.1, 0.15) is 41.6 Å². The first-order valence-electron chi connectivity index (χ1n) is 10.4. The van der Waals surface area contributed by atoms with E-state index in [0.717, 1.165) is 31.4 Å². The molecule has 0 aliphatic carbocycles. The zero-order chi connectivity index (χ0) is 21.9. The third-order valence-electron chi connectivity index (χ3n) is 6.45. The number of nitrogens with zero attached hydrogens (tertiary/aromatic N) is 4. The molecule has 3 unspecified atom stereocenters. The number of anilines is 4. The van der Waals surface area contributed by atoms with Gasteiger partial charge in [0.15, 0.2) is 5.82 Å². The maximum atomic E-state index is 14.2. The summed E-state index contributed by atoms with van der Waals surface area (Å²) in [5, 5.41) is 13.9. The predicted molar refractivity (Wildman–Crippen MR) is 113 cm³/mol. The molecule has 2 fully saturated rings. The number of fused-ring (bicyclic) bond motifs is 3. The Morgan fingerprint density at radius 2 is 2.03 bits per heavy atom. The Hall–Kier alpha value is -2.98. The molecule has 0 radical (unpaired) electrons. The summed E-state index contributed by atoms with van der Waals surface area (Å²) in [6, 6.07) is 2.72. The third-order valence-corrected chi connectivity index (χ3v) is 6.45. The van der Waals surface area contributed by atoms with E-state index in [2.05, 4.69) is 15.3 Å². The van der Waals surface area contributed by atoms with Crippen LogP contribution in [0.25, 0.3) is 0 Å². The molecule has 1 aromatic carbocycles. The molecular formula is C21H25FN6O3. The van der Waals surface area contributed by atoms with Crippen LogP contribution in [0.15, 0.2) is 18.3 Å². The molecule has 31 heavy (non-hydrogen) atoms. The molecule has 9 nitrogen and oxygen atoms in total. The van der Waals surface area contributed by atoms with Crippen molar-refractivity contribution in [2.75, 3.05) is 22.2 Å². The van der Waals surface area contributed by atoms with Gasteiger partial charge in [-0.1, -0.05) is 0 Å². The first-order valence-corrected chi connectivity index (χ1v) is 10.4. The fourth-order valence-corrected chi connectivity index (χ4v) is 4.83. The van der Waals surface area contributed by atoms with Crippen molar-refractivity contribution in [1.29, 1.82) is 0 Å². The summed E-state index contributed by atoms with van der Waals surface area (Å²) >= 11 is 0. The molecule has 2 bridgehead atoms. The van der Waals surface area contributed by atoms with Gasteiger partial charge in [-0.05, 0) is 50.3 Å². The maximum absolute atomic E-state index is 14.2. The predicted octanol–water partition coefficient (Wildman–Crippen LogP) is 2.01. The fourth-order valence-electron chi connectivity index (χ4n) is 4.83. The van der Waals surface area contributed by atoms with Gasteiger partial charge in [-0.2, -0.15) is 4.98 Å². The van der Waals surface area contributed by atoms with Crippen LogP contribution < -0.4 is 20.9 Å². The molecule has 1 amide bonds. The minimum absolute atomic E-state index is 0.113. The highest BCUT2D eigenvalue weighted by atomic mass is 19.1. The van der Waals surface area contributed by atoms with Crippen LogP contribution in [0.5, 0.6) is 0 Å². The van der Waals surface area contributed by atoms with E-state index in [4.69, 9.17) is 10.5 Å². The number of hydrogen-bond acceptors (Lipinski definition) is 8. The lowest BCUT2D eigenvalue weighted by atomic mass is 10.0. The summed E-state index contributed by atoms with van der Waals surface area (Å²) in [4.78, 5) is 24.0. The van der Waals surface area contributed by atoms with Gasteiger partial charge in [-0.25, -0.2) is 9.37 Å². The minimum Gasteiger partial charge on any atom is -0.375 e. The molecule has 164 valence electrons. The van der Waals surface area contributed by atoms with Crippen LogP contribution in [-0.4, -0.2) is 52.6 Å². The quantitative estimate of drug-likeness (QED) is 0.677. The van der Waals surface area contributed by atoms with E-state index in [1.165, 1.54) is 12.1 Å². The van der Waals surface area contributed by atoms with Crippen LogP contribution in [0.4, 0.5) is 27.5 Å². The second-order valence-electron chi connectivity index (χ2n) is 8.49. The average molecular weight is 428 g/mol. The summed E-state index contributed by atoms with van der Waals surface area (Å²) in [6.07, 6.45) is 5.03. The van der Waals surface area contributed by atoms with Gasteiger partial charge < -0.3 is 30.7 Å². The number of amides is 1. The Morgan fingerprint density at radius 1 is 1.32 bits per heavy atom. The summed E-state index contributed by atoms with van der Waals surface area (Å²) in [6.45, 7) is 1.74. The average Bonchev–Trinajstić information content (AvgIpc) is 3.19. The SMILES string of the molecule is Cc1cc(C(N)=O)c(F)cc1Nc1ncc2c(n1)N(C1CC3CCC(C1)O3)C(O)N2C. The molecule has 0 saturated carbocycles. The van der Waals surface area contributed by atoms with Crippen molar-refractivity contribution in [3.8, 4) is 0 Å². The zero-order valence-electron chi connectivity index (χ0n) is 17.4. The van der Waals surface area contributed by atoms with Crippen molar-refractivity contribution in [3.05, 3.63) is 35.3 Å². The van der Waals surface area contributed by atoms with Crippen molar-refractivity contribution in [3.63, 3.8) is 0 Å². The van der Waals surface area contributed by atoms with E-state index in [9.17, 15) is 14.3 Å². The number of halogens is 1. The molecule has 0 spiro atoms. The molecule has 10 heteroatoms. The number of aliphatic hydroxyl groups excluding tert-OH is 1. The number of aromatic nitrogens is 2. The number of rotatable bonds is 4. The number of aliphatic hydroxyl groups is 1. The molecule has 3 aliphatic rings. The number of primary amides is 1. The Balaban J connectivity index is 1.45. The van der Waals surface area contributed by atoms with Gasteiger partial charge in [0, 0.05) is 18.8 Å². The van der Waals surface area contributed by atoms with Gasteiger partial charge in [-0.3, -0.25) is 4.79 Å². The largest absolute Gasteiger partial charge is 0.375 e. The van der Waals surface area contributed by atoms with Crippen LogP contribution in [0, 0.1) is 12.7 Å². The summed E-state index contributed by atoms with van der Waals surface area (Å²) in [5.41, 5.74) is 6.85. The lowest BCUT2D eigenvalue weighted by Gasteiger charge is -2.38. The number of ether oxygens (including phenoxy) is 1. The molecule has 2 saturated heterocycles. The molecule has 4 heterocycles. The molecule has 3 aliphatic heterocycles. The minimum atomic E-state index is -0.837. The summed E-state index contributed by atoms with van der Waals surface area (Å²) in [5.74, 6) is -0.628. The first kappa shape index (κ1) is 20.0. The fraction of sp³-hybridized carbons (Fsp3) is 0.476. The highest BCUT2D eigenvalue weighted by Gasteiger charge is 2.44. The Morgan fingerprint density at radius 3 is 2.71 bits per heavy atom. The van der Waals surface area contributed by atoms with Crippen molar-refractivity contribution in [2.24, 2.45) is 5.73 Å². The highest BCUT2D eigenvalue weighted by molar-refractivity contribution is 5.94. The highest BCUT2D eigenvalue weighted by Crippen LogP contribution is 2.43. The van der Waals surface area contributed by atoms with Crippen LogP contribution in [0.3, 0.4) is 0 Å². The summed E-state index contributed by atoms with van der Waals surface area (Å²) in [7, 11) is 1.80. The number of nitrogens with one attached hydrogen (secondary N) is 1. The Bertz CT molecular complexity index is 1040.